The van der Waals surface area contributed by atoms with Gasteiger partial charge in [0, 0.05) is 37.9 Å². The highest BCUT2D eigenvalue weighted by molar-refractivity contribution is 6.02. The lowest BCUT2D eigenvalue weighted by atomic mass is 9.74. The Bertz CT molecular complexity index is 1090. The molecule has 0 aromatic heterocycles. The van der Waals surface area contributed by atoms with Crippen LogP contribution >= 0.6 is 0 Å². The van der Waals surface area contributed by atoms with Crippen molar-refractivity contribution >= 4 is 23.4 Å². The highest BCUT2D eigenvalue weighted by atomic mass is 16.5. The van der Waals surface area contributed by atoms with Gasteiger partial charge in [0.2, 0.25) is 17.7 Å². The topological polar surface area (TPSA) is 100 Å². The second kappa shape index (κ2) is 10.4. The predicted octanol–water partition coefficient (Wildman–Crippen LogP) is 1.87. The van der Waals surface area contributed by atoms with Crippen LogP contribution in [0.5, 0.6) is 0 Å². The Balaban J connectivity index is 1.26. The third-order valence-electron chi connectivity index (χ3n) is 8.96. The van der Waals surface area contributed by atoms with E-state index in [2.05, 4.69) is 15.5 Å². The number of nitrogens with zero attached hydrogens (tertiary/aromatic N) is 2. The number of morpholine rings is 1. The van der Waals surface area contributed by atoms with E-state index in [1.54, 1.807) is 4.90 Å². The van der Waals surface area contributed by atoms with E-state index in [4.69, 9.17) is 9.47 Å². The van der Waals surface area contributed by atoms with Crippen molar-refractivity contribution in [3.05, 3.63) is 42.0 Å². The van der Waals surface area contributed by atoms with Gasteiger partial charge in [-0.2, -0.15) is 0 Å². The maximum atomic E-state index is 14.1. The Kier molecular flexibility index (Phi) is 7.01. The van der Waals surface area contributed by atoms with Gasteiger partial charge in [-0.15, -0.1) is 0 Å². The second-order valence-electron chi connectivity index (χ2n) is 11.4. The molecule has 9 nitrogen and oxygen atoms in total. The Morgan fingerprint density at radius 3 is 2.50 bits per heavy atom. The van der Waals surface area contributed by atoms with Crippen molar-refractivity contribution in [3.63, 3.8) is 0 Å². The number of carbonyl (C=O) groups is 3. The zero-order chi connectivity index (χ0) is 26.3. The third kappa shape index (κ3) is 4.54. The Hall–Kier alpha value is -2.75. The van der Waals surface area contributed by atoms with Crippen LogP contribution in [0.1, 0.15) is 37.7 Å². The maximum absolute atomic E-state index is 14.1. The summed E-state index contributed by atoms with van der Waals surface area (Å²) in [5, 5.41) is 6.24. The number of likely N-dealkylation sites (tertiary alicyclic amines) is 1. The minimum absolute atomic E-state index is 0.117. The largest absolute Gasteiger partial charge is 0.379 e. The number of benzene rings is 1. The number of nitrogens with one attached hydrogen (secondary N) is 2. The first-order valence-electron chi connectivity index (χ1n) is 14.1. The number of rotatable bonds is 7. The molecule has 1 aliphatic carbocycles. The van der Waals surface area contributed by atoms with E-state index in [-0.39, 0.29) is 23.8 Å². The van der Waals surface area contributed by atoms with Crippen LogP contribution in [0.15, 0.2) is 36.4 Å². The van der Waals surface area contributed by atoms with Crippen LogP contribution in [-0.4, -0.2) is 90.7 Å². The lowest BCUT2D eigenvalue weighted by Gasteiger charge is -2.35. The van der Waals surface area contributed by atoms with E-state index in [0.29, 0.717) is 32.0 Å². The van der Waals surface area contributed by atoms with Gasteiger partial charge in [-0.1, -0.05) is 49.1 Å². The van der Waals surface area contributed by atoms with Gasteiger partial charge in [-0.25, -0.2) is 0 Å². The molecule has 5 unspecified atom stereocenters. The average molecular weight is 523 g/mol. The molecule has 3 saturated heterocycles. The highest BCUT2D eigenvalue weighted by Gasteiger charge is 2.72. The summed E-state index contributed by atoms with van der Waals surface area (Å²) in [6, 6.07) is 6.92. The van der Waals surface area contributed by atoms with E-state index >= 15 is 0 Å². The minimum Gasteiger partial charge on any atom is -0.379 e. The van der Waals surface area contributed by atoms with Crippen LogP contribution in [-0.2, 0) is 23.9 Å². The molecular formula is C29H38N4O5. The normalized spacial score (nSPS) is 33.0. The molecule has 1 spiro atoms. The van der Waals surface area contributed by atoms with Gasteiger partial charge in [0.25, 0.3) is 0 Å². The molecule has 2 bridgehead atoms. The summed E-state index contributed by atoms with van der Waals surface area (Å²) >= 11 is 0. The molecule has 4 heterocycles. The fourth-order valence-electron chi connectivity index (χ4n) is 6.97. The molecule has 0 radical (unpaired) electrons. The molecule has 204 valence electrons. The van der Waals surface area contributed by atoms with Gasteiger partial charge < -0.3 is 25.0 Å². The van der Waals surface area contributed by atoms with Gasteiger partial charge in [0.15, 0.2) is 0 Å². The van der Waals surface area contributed by atoms with Crippen LogP contribution in [0.25, 0.3) is 0 Å². The molecular weight excluding hydrogens is 484 g/mol. The number of ether oxygens (including phenoxy) is 2. The van der Waals surface area contributed by atoms with Crippen molar-refractivity contribution in [2.75, 3.05) is 44.7 Å². The lowest BCUT2D eigenvalue weighted by molar-refractivity contribution is -0.141. The summed E-state index contributed by atoms with van der Waals surface area (Å²) in [6.07, 6.45) is 8.53. The van der Waals surface area contributed by atoms with Crippen molar-refractivity contribution in [1.82, 2.24) is 15.1 Å². The zero-order valence-electron chi connectivity index (χ0n) is 22.1. The van der Waals surface area contributed by atoms with Crippen molar-refractivity contribution in [1.29, 1.82) is 0 Å². The summed E-state index contributed by atoms with van der Waals surface area (Å²) in [4.78, 5) is 45.5. The van der Waals surface area contributed by atoms with Crippen molar-refractivity contribution in [2.24, 2.45) is 11.8 Å². The number of amides is 3. The Morgan fingerprint density at radius 1 is 1.03 bits per heavy atom. The van der Waals surface area contributed by atoms with Crippen LogP contribution in [0, 0.1) is 18.8 Å². The van der Waals surface area contributed by atoms with Gasteiger partial charge in [0.05, 0.1) is 31.2 Å². The molecule has 2 N–H and O–H groups in total. The molecule has 1 aromatic rings. The summed E-state index contributed by atoms with van der Waals surface area (Å²) in [7, 11) is 0. The molecule has 1 saturated carbocycles. The van der Waals surface area contributed by atoms with Crippen LogP contribution in [0.4, 0.5) is 5.69 Å². The summed E-state index contributed by atoms with van der Waals surface area (Å²) < 4.78 is 11.9. The van der Waals surface area contributed by atoms with Crippen LogP contribution < -0.4 is 10.6 Å². The summed E-state index contributed by atoms with van der Waals surface area (Å²) in [6.45, 7) is 5.99. The maximum Gasteiger partial charge on any atom is 0.246 e. The number of hydrogen-bond donors (Lipinski definition) is 2. The lowest BCUT2D eigenvalue weighted by Crippen LogP contribution is -2.57. The van der Waals surface area contributed by atoms with E-state index in [1.807, 2.05) is 43.3 Å². The van der Waals surface area contributed by atoms with E-state index in [9.17, 15) is 14.4 Å². The van der Waals surface area contributed by atoms with E-state index in [0.717, 1.165) is 44.3 Å². The molecule has 3 amide bonds. The first-order chi connectivity index (χ1) is 18.5. The fraction of sp³-hybridized carbons (Fsp3) is 0.621. The molecule has 4 aliphatic heterocycles. The monoisotopic (exact) mass is 522 g/mol. The first-order valence-corrected chi connectivity index (χ1v) is 14.1. The van der Waals surface area contributed by atoms with Crippen LogP contribution in [0.2, 0.25) is 0 Å². The zero-order valence-corrected chi connectivity index (χ0v) is 22.1. The number of carbonyl (C=O) groups excluding carboxylic acids is 3. The van der Waals surface area contributed by atoms with Gasteiger partial charge in [0.1, 0.15) is 11.6 Å². The van der Waals surface area contributed by atoms with E-state index in [1.165, 1.54) is 6.42 Å². The standard InChI is InChI=1S/C29H38N4O5/c1-19-7-9-21(10-8-19)30-26(34)23-22-11-12-29(38-22)24(23)28(36)33(14-13-32-15-17-37-18-16-32)25(29)27(35)31-20-5-3-2-4-6-20/h7-12,20,22-25H,2-6,13-18H2,1H3,(H,30,34)(H,31,35). The number of hydrogen-bond acceptors (Lipinski definition) is 6. The number of fused-ring (bicyclic) bond motifs is 1. The fourth-order valence-corrected chi connectivity index (χ4v) is 6.97. The van der Waals surface area contributed by atoms with Gasteiger partial charge in [-0.05, 0) is 31.9 Å². The molecule has 6 rings (SSSR count). The Labute approximate surface area is 223 Å². The molecule has 5 atom stereocenters. The molecule has 4 fully saturated rings. The smallest absolute Gasteiger partial charge is 0.246 e. The summed E-state index contributed by atoms with van der Waals surface area (Å²) in [5.74, 6) is -2.00. The summed E-state index contributed by atoms with van der Waals surface area (Å²) in [5.41, 5.74) is 0.658. The average Bonchev–Trinajstić information content (AvgIpc) is 3.57. The van der Waals surface area contributed by atoms with E-state index < -0.39 is 29.6 Å². The van der Waals surface area contributed by atoms with Crippen molar-refractivity contribution in [3.8, 4) is 0 Å². The number of aryl methyl sites for hydroxylation is 1. The second-order valence-corrected chi connectivity index (χ2v) is 11.4. The van der Waals surface area contributed by atoms with Crippen LogP contribution in [0.3, 0.4) is 0 Å². The molecule has 38 heavy (non-hydrogen) atoms. The Morgan fingerprint density at radius 2 is 1.76 bits per heavy atom. The SMILES string of the molecule is Cc1ccc(NC(=O)C2C3C=CC4(O3)C2C(=O)N(CCN2CCOCC2)C4C(=O)NC2CCCCC2)cc1. The molecule has 9 heteroatoms. The molecule has 5 aliphatic rings. The van der Waals surface area contributed by atoms with Gasteiger partial charge >= 0.3 is 0 Å². The predicted molar refractivity (Wildman–Crippen MR) is 141 cm³/mol. The van der Waals surface area contributed by atoms with Crippen molar-refractivity contribution < 1.29 is 23.9 Å². The van der Waals surface area contributed by atoms with Crippen molar-refractivity contribution in [2.45, 2.75) is 62.8 Å². The number of anilines is 1. The minimum atomic E-state index is -1.12. The first kappa shape index (κ1) is 25.5. The third-order valence-corrected chi connectivity index (χ3v) is 8.96. The highest BCUT2D eigenvalue weighted by Crippen LogP contribution is 2.55. The molecule has 1 aromatic carbocycles. The quantitative estimate of drug-likeness (QED) is 0.531. The van der Waals surface area contributed by atoms with Gasteiger partial charge in [-0.3, -0.25) is 19.3 Å².